The number of hydrogen-bond donors (Lipinski definition) is 1. The van der Waals surface area contributed by atoms with E-state index >= 15 is 0 Å². The molecular weight excluding hydrogens is 230 g/mol. The van der Waals surface area contributed by atoms with Crippen molar-refractivity contribution in [3.8, 4) is 11.5 Å². The maximum atomic E-state index is 5.71. The lowest BCUT2D eigenvalue weighted by Crippen LogP contribution is -2.05. The number of nitrogen functional groups attached to an aromatic ring is 1. The highest BCUT2D eigenvalue weighted by Crippen LogP contribution is 2.26. The number of hydrogen-bond acceptors (Lipinski definition) is 4. The number of aromatic nitrogens is 2. The topological polar surface area (TPSA) is 62.3 Å². The number of para-hydroxylation sites is 2. The Balaban J connectivity index is 2.11. The van der Waals surface area contributed by atoms with Gasteiger partial charge in [0.05, 0.1) is 7.11 Å². The van der Waals surface area contributed by atoms with Crippen molar-refractivity contribution in [2.45, 2.75) is 20.1 Å². The number of ether oxygens (including phenoxy) is 2. The average Bonchev–Trinajstić information content (AvgIpc) is 2.77. The minimum Gasteiger partial charge on any atom is -0.493 e. The molecular formula is C13H17N3O2. The molecule has 1 aromatic heterocycles. The fourth-order valence-corrected chi connectivity index (χ4v) is 1.75. The second-order valence-corrected chi connectivity index (χ2v) is 3.81. The summed E-state index contributed by atoms with van der Waals surface area (Å²) in [5.74, 6) is 2.72. The summed E-state index contributed by atoms with van der Waals surface area (Å²) < 4.78 is 12.9. The molecule has 2 rings (SSSR count). The van der Waals surface area contributed by atoms with Gasteiger partial charge in [0.2, 0.25) is 0 Å². The third-order valence-electron chi connectivity index (χ3n) is 2.64. The molecule has 0 saturated carbocycles. The molecule has 0 spiro atoms. The number of nitrogens with zero attached hydrogens (tertiary/aromatic N) is 2. The summed E-state index contributed by atoms with van der Waals surface area (Å²) in [6, 6.07) is 7.52. The summed E-state index contributed by atoms with van der Waals surface area (Å²) >= 11 is 0. The highest BCUT2D eigenvalue weighted by atomic mass is 16.5. The van der Waals surface area contributed by atoms with Gasteiger partial charge in [-0.05, 0) is 19.1 Å². The van der Waals surface area contributed by atoms with E-state index < -0.39 is 0 Å². The molecule has 0 aliphatic heterocycles. The zero-order chi connectivity index (χ0) is 13.0. The molecule has 1 heterocycles. The van der Waals surface area contributed by atoms with E-state index in [1.807, 2.05) is 35.8 Å². The third kappa shape index (κ3) is 2.56. The Morgan fingerprint density at radius 3 is 2.67 bits per heavy atom. The summed E-state index contributed by atoms with van der Waals surface area (Å²) in [7, 11) is 1.62. The van der Waals surface area contributed by atoms with Crippen molar-refractivity contribution in [2.24, 2.45) is 0 Å². The molecule has 96 valence electrons. The number of rotatable bonds is 5. The van der Waals surface area contributed by atoms with Crippen molar-refractivity contribution >= 4 is 5.82 Å². The fraction of sp³-hybridized carbons (Fsp3) is 0.308. The van der Waals surface area contributed by atoms with Gasteiger partial charge in [-0.2, -0.15) is 0 Å². The number of methoxy groups -OCH3 is 1. The van der Waals surface area contributed by atoms with E-state index in [4.69, 9.17) is 15.2 Å². The van der Waals surface area contributed by atoms with E-state index in [0.29, 0.717) is 23.9 Å². The Labute approximate surface area is 106 Å². The van der Waals surface area contributed by atoms with E-state index in [-0.39, 0.29) is 0 Å². The van der Waals surface area contributed by atoms with Gasteiger partial charge in [0.15, 0.2) is 11.5 Å². The molecule has 0 fully saturated rings. The maximum Gasteiger partial charge on any atom is 0.161 e. The summed E-state index contributed by atoms with van der Waals surface area (Å²) in [4.78, 5) is 4.23. The largest absolute Gasteiger partial charge is 0.493 e. The van der Waals surface area contributed by atoms with Crippen molar-refractivity contribution in [1.29, 1.82) is 0 Å². The van der Waals surface area contributed by atoms with Crippen LogP contribution in [0.2, 0.25) is 0 Å². The van der Waals surface area contributed by atoms with Gasteiger partial charge in [-0.25, -0.2) is 4.98 Å². The van der Waals surface area contributed by atoms with Crippen molar-refractivity contribution in [3.05, 3.63) is 36.3 Å². The van der Waals surface area contributed by atoms with Crippen LogP contribution in [0.3, 0.4) is 0 Å². The third-order valence-corrected chi connectivity index (χ3v) is 2.64. The zero-order valence-corrected chi connectivity index (χ0v) is 10.6. The number of imidazole rings is 1. The lowest BCUT2D eigenvalue weighted by Gasteiger charge is -2.10. The molecule has 0 aliphatic rings. The highest BCUT2D eigenvalue weighted by molar-refractivity contribution is 5.39. The molecule has 2 aromatic rings. The lowest BCUT2D eigenvalue weighted by atomic mass is 10.3. The monoisotopic (exact) mass is 247 g/mol. The lowest BCUT2D eigenvalue weighted by molar-refractivity contribution is 0.272. The van der Waals surface area contributed by atoms with E-state index in [0.717, 1.165) is 12.4 Å². The molecule has 0 bridgehead atoms. The van der Waals surface area contributed by atoms with Gasteiger partial charge in [0.25, 0.3) is 0 Å². The number of nitrogens with two attached hydrogens (primary N) is 1. The van der Waals surface area contributed by atoms with E-state index in [9.17, 15) is 0 Å². The Bertz CT molecular complexity index is 523. The molecule has 18 heavy (non-hydrogen) atoms. The van der Waals surface area contributed by atoms with Gasteiger partial charge in [0, 0.05) is 12.7 Å². The van der Waals surface area contributed by atoms with Crippen LogP contribution in [0, 0.1) is 0 Å². The summed E-state index contributed by atoms with van der Waals surface area (Å²) in [6.07, 6.45) is 1.81. The number of anilines is 1. The smallest absolute Gasteiger partial charge is 0.161 e. The predicted octanol–water partition coefficient (Wildman–Crippen LogP) is 2.07. The minimum atomic E-state index is 0.366. The van der Waals surface area contributed by atoms with Crippen molar-refractivity contribution in [1.82, 2.24) is 9.55 Å². The van der Waals surface area contributed by atoms with Crippen LogP contribution in [-0.4, -0.2) is 16.7 Å². The van der Waals surface area contributed by atoms with E-state index in [1.54, 1.807) is 13.3 Å². The highest BCUT2D eigenvalue weighted by Gasteiger charge is 2.08. The van der Waals surface area contributed by atoms with Crippen molar-refractivity contribution in [3.63, 3.8) is 0 Å². The molecule has 0 radical (unpaired) electrons. The second kappa shape index (κ2) is 5.44. The molecule has 1 aromatic carbocycles. The molecule has 0 amide bonds. The molecule has 0 unspecified atom stereocenters. The van der Waals surface area contributed by atoms with Crippen molar-refractivity contribution < 1.29 is 9.47 Å². The average molecular weight is 247 g/mol. The molecule has 0 saturated heterocycles. The standard InChI is InChI=1S/C13H17N3O2/c1-3-16-8-12(14)15-13(16)9-18-11-7-5-4-6-10(11)17-2/h4-8H,3,9,14H2,1-2H3. The van der Waals surface area contributed by atoms with Gasteiger partial charge >= 0.3 is 0 Å². The molecule has 0 aliphatic carbocycles. The molecule has 0 atom stereocenters. The first-order valence-electron chi connectivity index (χ1n) is 5.82. The first-order chi connectivity index (χ1) is 8.74. The summed E-state index contributed by atoms with van der Waals surface area (Å²) in [5.41, 5.74) is 5.67. The van der Waals surface area contributed by atoms with Crippen LogP contribution in [0.15, 0.2) is 30.5 Å². The van der Waals surface area contributed by atoms with E-state index in [1.165, 1.54) is 0 Å². The molecule has 2 N–H and O–H groups in total. The Morgan fingerprint density at radius 1 is 1.28 bits per heavy atom. The van der Waals surface area contributed by atoms with Crippen LogP contribution < -0.4 is 15.2 Å². The Hall–Kier alpha value is -2.17. The van der Waals surface area contributed by atoms with Crippen LogP contribution in [0.5, 0.6) is 11.5 Å². The van der Waals surface area contributed by atoms with Gasteiger partial charge < -0.3 is 19.8 Å². The summed E-state index contributed by atoms with van der Waals surface area (Å²) in [5, 5.41) is 0. The Kier molecular flexibility index (Phi) is 3.72. The number of benzene rings is 1. The Morgan fingerprint density at radius 2 is 2.00 bits per heavy atom. The molecule has 5 nitrogen and oxygen atoms in total. The normalized spacial score (nSPS) is 10.3. The van der Waals surface area contributed by atoms with E-state index in [2.05, 4.69) is 4.98 Å². The van der Waals surface area contributed by atoms with Crippen LogP contribution in [0.1, 0.15) is 12.7 Å². The molecule has 5 heteroatoms. The van der Waals surface area contributed by atoms with Gasteiger partial charge in [-0.3, -0.25) is 0 Å². The SMILES string of the molecule is CCn1cc(N)nc1COc1ccccc1OC. The first-order valence-corrected chi connectivity index (χ1v) is 5.82. The van der Waals surface area contributed by atoms with Gasteiger partial charge in [-0.1, -0.05) is 12.1 Å². The minimum absolute atomic E-state index is 0.366. The number of aryl methyl sites for hydroxylation is 1. The fourth-order valence-electron chi connectivity index (χ4n) is 1.75. The van der Waals surface area contributed by atoms with Crippen LogP contribution in [-0.2, 0) is 13.2 Å². The van der Waals surface area contributed by atoms with Crippen LogP contribution in [0.4, 0.5) is 5.82 Å². The zero-order valence-electron chi connectivity index (χ0n) is 10.6. The summed E-state index contributed by atoms with van der Waals surface area (Å²) in [6.45, 7) is 3.22. The predicted molar refractivity (Wildman–Crippen MR) is 69.6 cm³/mol. The van der Waals surface area contributed by atoms with Crippen LogP contribution >= 0.6 is 0 Å². The van der Waals surface area contributed by atoms with Crippen LogP contribution in [0.25, 0.3) is 0 Å². The maximum absolute atomic E-state index is 5.71. The van der Waals surface area contributed by atoms with Gasteiger partial charge in [-0.15, -0.1) is 0 Å². The quantitative estimate of drug-likeness (QED) is 0.878. The second-order valence-electron chi connectivity index (χ2n) is 3.81. The van der Waals surface area contributed by atoms with Gasteiger partial charge in [0.1, 0.15) is 18.2 Å². The van der Waals surface area contributed by atoms with Crippen molar-refractivity contribution in [2.75, 3.05) is 12.8 Å². The first kappa shape index (κ1) is 12.3.